The minimum Gasteiger partial charge on any atom is -0.497 e. The Morgan fingerprint density at radius 3 is 2.81 bits per heavy atom. The molecule has 2 amide bonds. The Bertz CT molecular complexity index is 810. The van der Waals surface area contributed by atoms with Crippen molar-refractivity contribution in [3.05, 3.63) is 48.3 Å². The maximum absolute atomic E-state index is 12.5. The number of nitrogens with one attached hydrogen (secondary N) is 1. The summed E-state index contributed by atoms with van der Waals surface area (Å²) in [6, 6.07) is 11.0. The monoisotopic (exact) mass is 369 g/mol. The maximum Gasteiger partial charge on any atom is 0.227 e. The van der Waals surface area contributed by atoms with Crippen molar-refractivity contribution < 1.29 is 19.1 Å². The first-order valence-corrected chi connectivity index (χ1v) is 8.82. The minimum absolute atomic E-state index is 0.0941. The van der Waals surface area contributed by atoms with E-state index in [1.165, 1.54) is 0 Å². The van der Waals surface area contributed by atoms with Crippen LogP contribution < -0.4 is 19.7 Å². The van der Waals surface area contributed by atoms with Crippen LogP contribution in [0.2, 0.25) is 0 Å². The number of hydrogen-bond acceptors (Lipinski definition) is 5. The quantitative estimate of drug-likeness (QED) is 0.805. The van der Waals surface area contributed by atoms with Crippen molar-refractivity contribution >= 4 is 17.5 Å². The van der Waals surface area contributed by atoms with Gasteiger partial charge in [-0.05, 0) is 24.3 Å². The van der Waals surface area contributed by atoms with Crippen molar-refractivity contribution in [2.75, 3.05) is 32.2 Å². The Morgan fingerprint density at radius 2 is 2.11 bits per heavy atom. The Balaban J connectivity index is 1.60. The molecule has 0 aliphatic carbocycles. The molecule has 1 aliphatic rings. The average molecular weight is 369 g/mol. The molecule has 0 radical (unpaired) electrons. The molecule has 0 saturated carbocycles. The van der Waals surface area contributed by atoms with Crippen molar-refractivity contribution in [3.63, 3.8) is 0 Å². The molecule has 7 heteroatoms. The van der Waals surface area contributed by atoms with E-state index in [0.717, 1.165) is 5.69 Å². The predicted molar refractivity (Wildman–Crippen MR) is 101 cm³/mol. The van der Waals surface area contributed by atoms with Crippen LogP contribution in [0.1, 0.15) is 12.1 Å². The van der Waals surface area contributed by atoms with Gasteiger partial charge in [0.2, 0.25) is 11.8 Å². The van der Waals surface area contributed by atoms with Gasteiger partial charge in [0.1, 0.15) is 11.5 Å². The second kappa shape index (κ2) is 8.53. The standard InChI is InChI=1S/C20H23N3O4/c1-26-16-6-7-17(18(12-16)27-2)23-13-14(11-19(23)24)20(25)22-10-8-15-5-3-4-9-21-15/h3-7,9,12,14H,8,10-11,13H2,1-2H3,(H,22,25)/t14-/m1/s1. The fraction of sp³-hybridized carbons (Fsp3) is 0.350. The SMILES string of the molecule is COc1ccc(N2C[C@H](C(=O)NCCc3ccccn3)CC2=O)c(OC)c1. The summed E-state index contributed by atoms with van der Waals surface area (Å²) in [5.41, 5.74) is 1.57. The first-order valence-electron chi connectivity index (χ1n) is 8.82. The fourth-order valence-corrected chi connectivity index (χ4v) is 3.13. The summed E-state index contributed by atoms with van der Waals surface area (Å²) in [6.07, 6.45) is 2.57. The van der Waals surface area contributed by atoms with Crippen LogP contribution in [0.15, 0.2) is 42.6 Å². The van der Waals surface area contributed by atoms with Gasteiger partial charge >= 0.3 is 0 Å². The lowest BCUT2D eigenvalue weighted by Crippen LogP contribution is -2.34. The molecule has 1 fully saturated rings. The summed E-state index contributed by atoms with van der Waals surface area (Å²) < 4.78 is 10.6. The van der Waals surface area contributed by atoms with Crippen LogP contribution >= 0.6 is 0 Å². The number of pyridine rings is 1. The van der Waals surface area contributed by atoms with E-state index in [4.69, 9.17) is 9.47 Å². The number of benzene rings is 1. The summed E-state index contributed by atoms with van der Waals surface area (Å²) in [5.74, 6) is 0.593. The number of ether oxygens (including phenoxy) is 2. The van der Waals surface area contributed by atoms with Crippen molar-refractivity contribution in [2.24, 2.45) is 5.92 Å². The number of hydrogen-bond donors (Lipinski definition) is 1. The van der Waals surface area contributed by atoms with Crippen molar-refractivity contribution in [3.8, 4) is 11.5 Å². The van der Waals surface area contributed by atoms with Gasteiger partial charge in [0.25, 0.3) is 0 Å². The second-order valence-corrected chi connectivity index (χ2v) is 6.31. The molecule has 27 heavy (non-hydrogen) atoms. The Hall–Kier alpha value is -3.09. The average Bonchev–Trinajstić information content (AvgIpc) is 3.09. The number of aromatic nitrogens is 1. The third-order valence-corrected chi connectivity index (χ3v) is 4.58. The topological polar surface area (TPSA) is 80.8 Å². The molecule has 0 unspecified atom stereocenters. The molecule has 1 aliphatic heterocycles. The predicted octanol–water partition coefficient (Wildman–Crippen LogP) is 1.81. The van der Waals surface area contributed by atoms with Crippen LogP contribution in [0.25, 0.3) is 0 Å². The lowest BCUT2D eigenvalue weighted by atomic mass is 10.1. The zero-order valence-electron chi connectivity index (χ0n) is 15.5. The molecule has 1 atom stereocenters. The third-order valence-electron chi connectivity index (χ3n) is 4.58. The zero-order valence-corrected chi connectivity index (χ0v) is 15.5. The molecule has 2 aromatic rings. The summed E-state index contributed by atoms with van der Waals surface area (Å²) >= 11 is 0. The second-order valence-electron chi connectivity index (χ2n) is 6.31. The van der Waals surface area contributed by atoms with E-state index in [9.17, 15) is 9.59 Å². The van der Waals surface area contributed by atoms with Crippen molar-refractivity contribution in [1.82, 2.24) is 10.3 Å². The molecule has 3 rings (SSSR count). The van der Waals surface area contributed by atoms with Gasteiger partial charge in [-0.1, -0.05) is 6.07 Å². The molecule has 0 spiro atoms. The van der Waals surface area contributed by atoms with Crippen LogP contribution in [-0.2, 0) is 16.0 Å². The molecular formula is C20H23N3O4. The Labute approximate surface area is 158 Å². The van der Waals surface area contributed by atoms with Gasteiger partial charge in [0.05, 0.1) is 25.8 Å². The largest absolute Gasteiger partial charge is 0.497 e. The third kappa shape index (κ3) is 4.36. The fourth-order valence-electron chi connectivity index (χ4n) is 3.13. The lowest BCUT2D eigenvalue weighted by Gasteiger charge is -2.20. The molecule has 142 valence electrons. The van der Waals surface area contributed by atoms with E-state index < -0.39 is 0 Å². The maximum atomic E-state index is 12.5. The highest BCUT2D eigenvalue weighted by Gasteiger charge is 2.36. The summed E-state index contributed by atoms with van der Waals surface area (Å²) in [6.45, 7) is 0.823. The number of methoxy groups -OCH3 is 2. The van der Waals surface area contributed by atoms with Gasteiger partial charge in [-0.15, -0.1) is 0 Å². The Morgan fingerprint density at radius 1 is 1.26 bits per heavy atom. The van der Waals surface area contributed by atoms with Crippen LogP contribution in [0.5, 0.6) is 11.5 Å². The number of carbonyl (C=O) groups excluding carboxylic acids is 2. The highest BCUT2D eigenvalue weighted by molar-refractivity contribution is 6.01. The number of carbonyl (C=O) groups is 2. The first kappa shape index (κ1) is 18.7. The van der Waals surface area contributed by atoms with Gasteiger partial charge in [-0.25, -0.2) is 0 Å². The number of amides is 2. The van der Waals surface area contributed by atoms with E-state index in [1.54, 1.807) is 43.5 Å². The van der Waals surface area contributed by atoms with Crippen LogP contribution in [0.3, 0.4) is 0 Å². The van der Waals surface area contributed by atoms with E-state index >= 15 is 0 Å². The van der Waals surface area contributed by atoms with Crippen LogP contribution in [0.4, 0.5) is 5.69 Å². The zero-order chi connectivity index (χ0) is 19.2. The van der Waals surface area contributed by atoms with Gasteiger partial charge in [0, 0.05) is 43.9 Å². The van der Waals surface area contributed by atoms with Gasteiger partial charge in [-0.3, -0.25) is 14.6 Å². The smallest absolute Gasteiger partial charge is 0.227 e. The minimum atomic E-state index is -0.381. The van der Waals surface area contributed by atoms with Gasteiger partial charge in [-0.2, -0.15) is 0 Å². The van der Waals surface area contributed by atoms with Crippen molar-refractivity contribution in [2.45, 2.75) is 12.8 Å². The summed E-state index contributed by atoms with van der Waals surface area (Å²) in [5, 5.41) is 2.90. The number of nitrogens with zero attached hydrogens (tertiary/aromatic N) is 2. The van der Waals surface area contributed by atoms with Crippen molar-refractivity contribution in [1.29, 1.82) is 0 Å². The number of rotatable bonds is 7. The van der Waals surface area contributed by atoms with E-state index in [0.29, 0.717) is 36.7 Å². The summed E-state index contributed by atoms with van der Waals surface area (Å²) in [7, 11) is 3.11. The highest BCUT2D eigenvalue weighted by Crippen LogP contribution is 2.35. The van der Waals surface area contributed by atoms with E-state index in [-0.39, 0.29) is 24.2 Å². The molecule has 1 N–H and O–H groups in total. The lowest BCUT2D eigenvalue weighted by molar-refractivity contribution is -0.126. The molecular weight excluding hydrogens is 346 g/mol. The highest BCUT2D eigenvalue weighted by atomic mass is 16.5. The normalized spacial score (nSPS) is 16.3. The molecule has 1 aromatic heterocycles. The molecule has 7 nitrogen and oxygen atoms in total. The molecule has 2 heterocycles. The van der Waals surface area contributed by atoms with Crippen LogP contribution in [0, 0.1) is 5.92 Å². The first-order chi connectivity index (χ1) is 13.1. The van der Waals surface area contributed by atoms with Gasteiger partial charge < -0.3 is 19.7 Å². The molecule has 1 aromatic carbocycles. The van der Waals surface area contributed by atoms with E-state index in [1.807, 2.05) is 18.2 Å². The molecule has 1 saturated heterocycles. The van der Waals surface area contributed by atoms with Gasteiger partial charge in [0.15, 0.2) is 0 Å². The Kier molecular flexibility index (Phi) is 5.90. The summed E-state index contributed by atoms with van der Waals surface area (Å²) in [4.78, 5) is 30.7. The molecule has 0 bridgehead atoms. The number of anilines is 1. The van der Waals surface area contributed by atoms with E-state index in [2.05, 4.69) is 10.3 Å². The van der Waals surface area contributed by atoms with Crippen LogP contribution in [-0.4, -0.2) is 44.1 Å².